The summed E-state index contributed by atoms with van der Waals surface area (Å²) in [6.45, 7) is 0. The third-order valence-electron chi connectivity index (χ3n) is 2.80. The van der Waals surface area contributed by atoms with Crippen molar-refractivity contribution in [2.45, 2.75) is 6.04 Å². The van der Waals surface area contributed by atoms with E-state index in [-0.39, 0.29) is 6.04 Å². The van der Waals surface area contributed by atoms with E-state index in [2.05, 4.69) is 34.9 Å². The molecule has 0 saturated carbocycles. The predicted octanol–water partition coefficient (Wildman–Crippen LogP) is 2.52. The summed E-state index contributed by atoms with van der Waals surface area (Å²) in [7, 11) is 1.74. The molecule has 0 bridgehead atoms. The van der Waals surface area contributed by atoms with Crippen LogP contribution >= 0.6 is 0 Å². The van der Waals surface area contributed by atoms with Crippen LogP contribution in [0.5, 0.6) is 0 Å². The van der Waals surface area contributed by atoms with Crippen molar-refractivity contribution in [2.24, 2.45) is 0 Å². The van der Waals surface area contributed by atoms with E-state index in [1.165, 1.54) is 0 Å². The lowest BCUT2D eigenvalue weighted by Gasteiger charge is -2.21. The summed E-state index contributed by atoms with van der Waals surface area (Å²) in [6.07, 6.45) is 0. The van der Waals surface area contributed by atoms with Crippen LogP contribution in [0, 0.1) is 5.41 Å². The van der Waals surface area contributed by atoms with E-state index >= 15 is 0 Å². The Morgan fingerprint density at radius 3 is 1.72 bits per heavy atom. The first-order chi connectivity index (χ1) is 8.81. The Hall–Kier alpha value is -2.29. The highest BCUT2D eigenvalue weighted by molar-refractivity contribution is 5.77. The minimum Gasteiger partial charge on any atom is -0.360 e. The molecule has 3 nitrogen and oxygen atoms in total. The van der Waals surface area contributed by atoms with Gasteiger partial charge in [0.25, 0.3) is 0 Å². The molecular weight excluding hydrogens is 222 g/mol. The third-order valence-corrected chi connectivity index (χ3v) is 2.80. The van der Waals surface area contributed by atoms with E-state index in [0.29, 0.717) is 5.96 Å². The Morgan fingerprint density at radius 1 is 0.889 bits per heavy atom. The number of rotatable bonds is 3. The number of hydrogen-bond donors (Lipinski definition) is 3. The Morgan fingerprint density at radius 2 is 1.33 bits per heavy atom. The van der Waals surface area contributed by atoms with Crippen molar-refractivity contribution in [3.8, 4) is 0 Å². The van der Waals surface area contributed by atoms with Crippen LogP contribution in [0.4, 0.5) is 0 Å². The van der Waals surface area contributed by atoms with Gasteiger partial charge in [-0.2, -0.15) is 0 Å². The van der Waals surface area contributed by atoms with Gasteiger partial charge in [0, 0.05) is 7.05 Å². The van der Waals surface area contributed by atoms with Crippen molar-refractivity contribution >= 4 is 5.96 Å². The molecule has 0 spiro atoms. The molecule has 0 saturated heterocycles. The van der Waals surface area contributed by atoms with Crippen LogP contribution in [0.15, 0.2) is 60.7 Å². The molecule has 0 unspecified atom stereocenters. The maximum atomic E-state index is 7.74. The fraction of sp³-hybridized carbons (Fsp3) is 0.133. The summed E-state index contributed by atoms with van der Waals surface area (Å²) in [5.41, 5.74) is 2.28. The van der Waals surface area contributed by atoms with E-state index in [1.54, 1.807) is 7.05 Å². The lowest BCUT2D eigenvalue weighted by Crippen LogP contribution is -2.36. The Labute approximate surface area is 107 Å². The predicted molar refractivity (Wildman–Crippen MR) is 74.6 cm³/mol. The standard InChI is InChI=1S/C15H17N3/c1-17-15(16)18-14(12-8-4-2-5-9-12)13-10-6-3-7-11-13/h2-11,14H,1H3,(H3,16,17,18). The topological polar surface area (TPSA) is 47.9 Å². The van der Waals surface area contributed by atoms with E-state index in [1.807, 2.05) is 36.4 Å². The van der Waals surface area contributed by atoms with Gasteiger partial charge >= 0.3 is 0 Å². The molecule has 2 aromatic rings. The van der Waals surface area contributed by atoms with Gasteiger partial charge in [0.05, 0.1) is 6.04 Å². The molecule has 0 fully saturated rings. The quantitative estimate of drug-likeness (QED) is 0.569. The van der Waals surface area contributed by atoms with Gasteiger partial charge in [-0.3, -0.25) is 5.41 Å². The first-order valence-electron chi connectivity index (χ1n) is 5.94. The SMILES string of the molecule is CNC(=N)NC(c1ccccc1)c1ccccc1. The molecule has 18 heavy (non-hydrogen) atoms. The van der Waals surface area contributed by atoms with Crippen molar-refractivity contribution in [1.82, 2.24) is 10.6 Å². The molecule has 0 amide bonds. The zero-order valence-electron chi connectivity index (χ0n) is 10.4. The normalized spacial score (nSPS) is 10.1. The van der Waals surface area contributed by atoms with Crippen LogP contribution in [0.25, 0.3) is 0 Å². The van der Waals surface area contributed by atoms with Crippen LogP contribution in [0.2, 0.25) is 0 Å². The number of benzene rings is 2. The van der Waals surface area contributed by atoms with Crippen molar-refractivity contribution in [3.05, 3.63) is 71.8 Å². The summed E-state index contributed by atoms with van der Waals surface area (Å²) >= 11 is 0. The largest absolute Gasteiger partial charge is 0.360 e. The van der Waals surface area contributed by atoms with Gasteiger partial charge in [-0.05, 0) is 11.1 Å². The lowest BCUT2D eigenvalue weighted by atomic mass is 9.99. The minimum absolute atomic E-state index is 0.00708. The molecule has 3 heteroatoms. The molecule has 0 aliphatic carbocycles. The fourth-order valence-corrected chi connectivity index (χ4v) is 1.87. The highest BCUT2D eigenvalue weighted by Gasteiger charge is 2.13. The molecule has 92 valence electrons. The van der Waals surface area contributed by atoms with E-state index < -0.39 is 0 Å². The van der Waals surface area contributed by atoms with Crippen LogP contribution < -0.4 is 10.6 Å². The molecule has 0 aromatic heterocycles. The Kier molecular flexibility index (Phi) is 3.97. The van der Waals surface area contributed by atoms with Gasteiger partial charge in [-0.25, -0.2) is 0 Å². The molecule has 2 rings (SSSR count). The minimum atomic E-state index is -0.00708. The average Bonchev–Trinajstić information content (AvgIpc) is 2.46. The number of guanidine groups is 1. The first kappa shape index (κ1) is 12.2. The zero-order chi connectivity index (χ0) is 12.8. The monoisotopic (exact) mass is 239 g/mol. The van der Waals surface area contributed by atoms with Gasteiger partial charge in [0.1, 0.15) is 0 Å². The number of hydrogen-bond acceptors (Lipinski definition) is 1. The van der Waals surface area contributed by atoms with Crippen LogP contribution in [-0.4, -0.2) is 13.0 Å². The average molecular weight is 239 g/mol. The second-order valence-electron chi connectivity index (χ2n) is 4.02. The number of nitrogens with one attached hydrogen (secondary N) is 3. The fourth-order valence-electron chi connectivity index (χ4n) is 1.87. The Balaban J connectivity index is 2.32. The molecule has 3 N–H and O–H groups in total. The first-order valence-corrected chi connectivity index (χ1v) is 5.94. The maximum Gasteiger partial charge on any atom is 0.188 e. The van der Waals surface area contributed by atoms with Crippen LogP contribution in [0.1, 0.15) is 17.2 Å². The van der Waals surface area contributed by atoms with Gasteiger partial charge in [0.2, 0.25) is 0 Å². The van der Waals surface area contributed by atoms with Gasteiger partial charge in [-0.15, -0.1) is 0 Å². The second kappa shape index (κ2) is 5.87. The molecule has 0 aliphatic heterocycles. The van der Waals surface area contributed by atoms with Crippen molar-refractivity contribution < 1.29 is 0 Å². The molecule has 0 aliphatic rings. The van der Waals surface area contributed by atoms with Crippen molar-refractivity contribution in [2.75, 3.05) is 7.05 Å². The summed E-state index contributed by atoms with van der Waals surface area (Å²) < 4.78 is 0. The van der Waals surface area contributed by atoms with Gasteiger partial charge < -0.3 is 10.6 Å². The smallest absolute Gasteiger partial charge is 0.188 e. The lowest BCUT2D eigenvalue weighted by molar-refractivity contribution is 0.737. The third kappa shape index (κ3) is 2.88. The molecule has 2 aromatic carbocycles. The summed E-state index contributed by atoms with van der Waals surface area (Å²) in [5, 5.41) is 13.7. The second-order valence-corrected chi connectivity index (χ2v) is 4.02. The molecule has 0 heterocycles. The summed E-state index contributed by atoms with van der Waals surface area (Å²) in [5.74, 6) is 0.313. The van der Waals surface area contributed by atoms with E-state index in [9.17, 15) is 0 Å². The summed E-state index contributed by atoms with van der Waals surface area (Å²) in [4.78, 5) is 0. The van der Waals surface area contributed by atoms with E-state index in [0.717, 1.165) is 11.1 Å². The molecule has 0 radical (unpaired) electrons. The highest BCUT2D eigenvalue weighted by atomic mass is 15.1. The highest BCUT2D eigenvalue weighted by Crippen LogP contribution is 2.21. The van der Waals surface area contributed by atoms with Crippen molar-refractivity contribution in [1.29, 1.82) is 5.41 Å². The molecular formula is C15H17N3. The molecule has 0 atom stereocenters. The van der Waals surface area contributed by atoms with Crippen LogP contribution in [-0.2, 0) is 0 Å². The van der Waals surface area contributed by atoms with Crippen molar-refractivity contribution in [3.63, 3.8) is 0 Å². The van der Waals surface area contributed by atoms with Gasteiger partial charge in [0.15, 0.2) is 5.96 Å². The van der Waals surface area contributed by atoms with Crippen LogP contribution in [0.3, 0.4) is 0 Å². The Bertz CT molecular complexity index is 454. The summed E-state index contributed by atoms with van der Waals surface area (Å²) in [6, 6.07) is 20.3. The van der Waals surface area contributed by atoms with E-state index in [4.69, 9.17) is 5.41 Å². The maximum absolute atomic E-state index is 7.74. The zero-order valence-corrected chi connectivity index (χ0v) is 10.4. The van der Waals surface area contributed by atoms with Gasteiger partial charge in [-0.1, -0.05) is 60.7 Å².